The van der Waals surface area contributed by atoms with Gasteiger partial charge < -0.3 is 10.1 Å². The second-order valence-corrected chi connectivity index (χ2v) is 7.40. The van der Waals surface area contributed by atoms with E-state index in [2.05, 4.69) is 67.1 Å². The van der Waals surface area contributed by atoms with Crippen LogP contribution in [0.5, 0.6) is 5.75 Å². The van der Waals surface area contributed by atoms with Crippen LogP contribution in [0.4, 0.5) is 0 Å². The molecule has 0 aromatic heterocycles. The maximum atomic E-state index is 6.34. The minimum absolute atomic E-state index is 0.0576. The second kappa shape index (κ2) is 6.48. The Morgan fingerprint density at radius 1 is 1.45 bits per heavy atom. The van der Waals surface area contributed by atoms with Gasteiger partial charge in [0.25, 0.3) is 0 Å². The summed E-state index contributed by atoms with van der Waals surface area (Å²) in [6, 6.07) is 6.73. The molecule has 2 atom stereocenters. The van der Waals surface area contributed by atoms with Crippen LogP contribution in [0, 0.1) is 5.92 Å². The fourth-order valence-corrected chi connectivity index (χ4v) is 3.29. The Morgan fingerprint density at radius 2 is 2.20 bits per heavy atom. The number of rotatable bonds is 5. The quantitative estimate of drug-likeness (QED) is 0.807. The zero-order valence-electron chi connectivity index (χ0n) is 13.0. The SMILES string of the molecule is CCNC1CC(C)(CCC(C)C)Oc2ccc(Br)cc21. The molecule has 1 heterocycles. The maximum absolute atomic E-state index is 6.34. The molecule has 1 aromatic rings. The maximum Gasteiger partial charge on any atom is 0.124 e. The van der Waals surface area contributed by atoms with Crippen molar-refractivity contribution in [2.75, 3.05) is 6.54 Å². The summed E-state index contributed by atoms with van der Waals surface area (Å²) in [6.07, 6.45) is 3.36. The van der Waals surface area contributed by atoms with Gasteiger partial charge in [0.1, 0.15) is 11.4 Å². The third-order valence-electron chi connectivity index (χ3n) is 4.04. The lowest BCUT2D eigenvalue weighted by Gasteiger charge is -2.41. The molecule has 1 aliphatic heterocycles. The van der Waals surface area contributed by atoms with Crippen molar-refractivity contribution in [3.63, 3.8) is 0 Å². The van der Waals surface area contributed by atoms with Gasteiger partial charge in [-0.3, -0.25) is 0 Å². The summed E-state index contributed by atoms with van der Waals surface area (Å²) in [5, 5.41) is 3.61. The van der Waals surface area contributed by atoms with E-state index >= 15 is 0 Å². The molecular weight excluding hydrogens is 314 g/mol. The van der Waals surface area contributed by atoms with Crippen LogP contribution in [-0.2, 0) is 0 Å². The highest BCUT2D eigenvalue weighted by atomic mass is 79.9. The van der Waals surface area contributed by atoms with Gasteiger partial charge in [-0.1, -0.05) is 36.7 Å². The number of hydrogen-bond donors (Lipinski definition) is 1. The lowest BCUT2D eigenvalue weighted by Crippen LogP contribution is -2.42. The summed E-state index contributed by atoms with van der Waals surface area (Å²) in [4.78, 5) is 0. The smallest absolute Gasteiger partial charge is 0.124 e. The normalized spacial score (nSPS) is 25.4. The molecule has 1 aromatic carbocycles. The molecule has 3 heteroatoms. The van der Waals surface area contributed by atoms with Crippen molar-refractivity contribution >= 4 is 15.9 Å². The van der Waals surface area contributed by atoms with Crippen LogP contribution in [-0.4, -0.2) is 12.1 Å². The molecule has 0 bridgehead atoms. The van der Waals surface area contributed by atoms with Crippen LogP contribution in [0.2, 0.25) is 0 Å². The molecule has 1 aliphatic rings. The van der Waals surface area contributed by atoms with Gasteiger partial charge in [0.15, 0.2) is 0 Å². The zero-order chi connectivity index (χ0) is 14.8. The predicted molar refractivity (Wildman–Crippen MR) is 88.3 cm³/mol. The Labute approximate surface area is 131 Å². The number of fused-ring (bicyclic) bond motifs is 1. The third-order valence-corrected chi connectivity index (χ3v) is 4.53. The Morgan fingerprint density at radius 3 is 2.85 bits per heavy atom. The van der Waals surface area contributed by atoms with E-state index in [0.29, 0.717) is 6.04 Å². The molecule has 0 saturated carbocycles. The van der Waals surface area contributed by atoms with E-state index in [4.69, 9.17) is 4.74 Å². The first-order chi connectivity index (χ1) is 9.43. The Kier molecular flexibility index (Phi) is 5.14. The summed E-state index contributed by atoms with van der Waals surface area (Å²) in [5.41, 5.74) is 1.22. The monoisotopic (exact) mass is 339 g/mol. The molecule has 20 heavy (non-hydrogen) atoms. The van der Waals surface area contributed by atoms with Crippen molar-refractivity contribution in [2.45, 2.75) is 58.6 Å². The van der Waals surface area contributed by atoms with Gasteiger partial charge in [-0.05, 0) is 50.4 Å². The Hall–Kier alpha value is -0.540. The van der Waals surface area contributed by atoms with Gasteiger partial charge in [0.05, 0.1) is 0 Å². The lowest BCUT2D eigenvalue weighted by atomic mass is 9.84. The Balaban J connectivity index is 2.24. The van der Waals surface area contributed by atoms with Crippen molar-refractivity contribution in [3.8, 4) is 5.75 Å². The molecule has 112 valence electrons. The number of ether oxygens (including phenoxy) is 1. The fraction of sp³-hybridized carbons (Fsp3) is 0.647. The number of nitrogens with one attached hydrogen (secondary N) is 1. The van der Waals surface area contributed by atoms with Crippen LogP contribution in [0.15, 0.2) is 22.7 Å². The molecule has 2 nitrogen and oxygen atoms in total. The van der Waals surface area contributed by atoms with Gasteiger partial charge in [0.2, 0.25) is 0 Å². The lowest BCUT2D eigenvalue weighted by molar-refractivity contribution is 0.0351. The number of halogens is 1. The van der Waals surface area contributed by atoms with Crippen molar-refractivity contribution in [1.29, 1.82) is 0 Å². The predicted octanol–water partition coefficient (Wildman–Crippen LogP) is 5.08. The van der Waals surface area contributed by atoms with Crippen LogP contribution >= 0.6 is 15.9 Å². The summed E-state index contributed by atoms with van der Waals surface area (Å²) in [5.74, 6) is 1.76. The van der Waals surface area contributed by atoms with Crippen LogP contribution in [0.25, 0.3) is 0 Å². The minimum atomic E-state index is -0.0576. The van der Waals surface area contributed by atoms with E-state index in [1.807, 2.05) is 0 Å². The van der Waals surface area contributed by atoms with Crippen molar-refractivity contribution < 1.29 is 4.74 Å². The summed E-state index contributed by atoms with van der Waals surface area (Å²) < 4.78 is 7.46. The second-order valence-electron chi connectivity index (χ2n) is 6.48. The van der Waals surface area contributed by atoms with Crippen LogP contribution in [0.1, 0.15) is 58.6 Å². The van der Waals surface area contributed by atoms with E-state index in [0.717, 1.165) is 35.5 Å². The molecule has 2 unspecified atom stereocenters. The molecule has 0 saturated heterocycles. The van der Waals surface area contributed by atoms with Gasteiger partial charge in [-0.2, -0.15) is 0 Å². The molecule has 0 amide bonds. The average Bonchev–Trinajstić information content (AvgIpc) is 2.38. The van der Waals surface area contributed by atoms with Crippen molar-refractivity contribution in [1.82, 2.24) is 5.32 Å². The van der Waals surface area contributed by atoms with Gasteiger partial charge in [-0.25, -0.2) is 0 Å². The van der Waals surface area contributed by atoms with Gasteiger partial charge >= 0.3 is 0 Å². The average molecular weight is 340 g/mol. The first kappa shape index (κ1) is 15.8. The van der Waals surface area contributed by atoms with E-state index < -0.39 is 0 Å². The van der Waals surface area contributed by atoms with Crippen LogP contribution < -0.4 is 10.1 Å². The Bertz CT molecular complexity index is 460. The summed E-state index contributed by atoms with van der Waals surface area (Å²) >= 11 is 3.56. The van der Waals surface area contributed by atoms with E-state index in [-0.39, 0.29) is 5.60 Å². The first-order valence-corrected chi connectivity index (χ1v) is 8.44. The van der Waals surface area contributed by atoms with Gasteiger partial charge in [0, 0.05) is 22.5 Å². The standard InChI is InChI=1S/C17H26BrNO/c1-5-19-15-11-17(4,9-8-12(2)3)20-16-7-6-13(18)10-14(15)16/h6-7,10,12,15,19H,5,8-9,11H2,1-4H3. The topological polar surface area (TPSA) is 21.3 Å². The van der Waals surface area contributed by atoms with E-state index in [1.165, 1.54) is 12.0 Å². The highest BCUT2D eigenvalue weighted by molar-refractivity contribution is 9.10. The fourth-order valence-electron chi connectivity index (χ4n) is 2.91. The third kappa shape index (κ3) is 3.76. The molecule has 0 fully saturated rings. The zero-order valence-corrected chi connectivity index (χ0v) is 14.6. The highest BCUT2D eigenvalue weighted by Gasteiger charge is 2.36. The van der Waals surface area contributed by atoms with Crippen LogP contribution in [0.3, 0.4) is 0 Å². The summed E-state index contributed by atoms with van der Waals surface area (Å²) in [7, 11) is 0. The van der Waals surface area contributed by atoms with Crippen molar-refractivity contribution in [2.24, 2.45) is 5.92 Å². The molecule has 0 aliphatic carbocycles. The first-order valence-electron chi connectivity index (χ1n) is 7.65. The number of benzene rings is 1. The highest BCUT2D eigenvalue weighted by Crippen LogP contribution is 2.42. The largest absolute Gasteiger partial charge is 0.487 e. The molecule has 2 rings (SSSR count). The minimum Gasteiger partial charge on any atom is -0.487 e. The number of hydrogen-bond acceptors (Lipinski definition) is 2. The summed E-state index contributed by atoms with van der Waals surface area (Å²) in [6.45, 7) is 9.96. The van der Waals surface area contributed by atoms with E-state index in [1.54, 1.807) is 0 Å². The van der Waals surface area contributed by atoms with Gasteiger partial charge in [-0.15, -0.1) is 0 Å². The molecule has 1 N–H and O–H groups in total. The molecule has 0 radical (unpaired) electrons. The van der Waals surface area contributed by atoms with Crippen molar-refractivity contribution in [3.05, 3.63) is 28.2 Å². The molecular formula is C17H26BrNO. The van der Waals surface area contributed by atoms with E-state index in [9.17, 15) is 0 Å². The molecule has 0 spiro atoms.